The molecule has 6 saturated carbocycles. The van der Waals surface area contributed by atoms with Gasteiger partial charge in [-0.2, -0.15) is 0 Å². The van der Waals surface area contributed by atoms with Crippen molar-refractivity contribution in [1.29, 1.82) is 0 Å². The second kappa shape index (κ2) is 19.4. The van der Waals surface area contributed by atoms with Crippen LogP contribution in [0.5, 0.6) is 11.5 Å². The van der Waals surface area contributed by atoms with E-state index < -0.39 is 107 Å². The number of ether oxygens (including phenoxy) is 6. The molecule has 22 heteroatoms. The van der Waals surface area contributed by atoms with Crippen LogP contribution in [0.25, 0.3) is 0 Å². The minimum Gasteiger partial charge on any atom is -0.487 e. The molecule has 8 fully saturated rings. The van der Waals surface area contributed by atoms with Crippen molar-refractivity contribution in [3.05, 3.63) is 77.4 Å². The van der Waals surface area contributed by atoms with Crippen molar-refractivity contribution in [1.82, 2.24) is 10.6 Å². The average molecular weight is 1090 g/mol. The summed E-state index contributed by atoms with van der Waals surface area (Å²) in [5.41, 5.74) is -1.81. The van der Waals surface area contributed by atoms with E-state index in [2.05, 4.69) is 38.8 Å². The third-order valence-electron chi connectivity index (χ3n) is 17.2. The lowest BCUT2D eigenvalue weighted by molar-refractivity contribution is -0.271. The summed E-state index contributed by atoms with van der Waals surface area (Å²) in [5, 5.41) is 70.9. The Morgan fingerprint density at radius 1 is 0.932 bits per heavy atom. The van der Waals surface area contributed by atoms with E-state index in [4.69, 9.17) is 28.4 Å². The third-order valence-corrected chi connectivity index (χ3v) is 17.7. The maximum Gasteiger partial charge on any atom is 0.407 e. The Labute approximate surface area is 433 Å². The molecule has 11 rings (SSSR count). The van der Waals surface area contributed by atoms with Crippen molar-refractivity contribution >= 4 is 57.1 Å². The maximum absolute atomic E-state index is 14.0. The van der Waals surface area contributed by atoms with E-state index in [1.807, 2.05) is 25.1 Å². The number of hydrogen-bond acceptors (Lipinski definition) is 17. The van der Waals surface area contributed by atoms with E-state index in [1.54, 1.807) is 24.3 Å². The number of alkyl carbamates (subject to hydrolysis) is 1. The largest absolute Gasteiger partial charge is 0.487 e. The molecule has 3 amide bonds. The molecule has 14 atom stereocenters. The average Bonchev–Trinajstić information content (AvgIpc) is 3.85. The second-order valence-corrected chi connectivity index (χ2v) is 22.2. The number of nitrogens with one attached hydrogen (secondary N) is 3. The summed E-state index contributed by atoms with van der Waals surface area (Å²) in [5.74, 6) is -2.74. The zero-order valence-corrected chi connectivity index (χ0v) is 42.2. The highest BCUT2D eigenvalue weighted by Crippen LogP contribution is 2.70. The number of carboxylic acid groups (broad SMARTS) is 1. The molecule has 0 aromatic heterocycles. The normalized spacial score (nSPS) is 39.1. The number of aliphatic carboxylic acids is 1. The Balaban J connectivity index is 0.739. The molecule has 0 spiro atoms. The monoisotopic (exact) mass is 1090 g/mol. The fourth-order valence-electron chi connectivity index (χ4n) is 13.8. The van der Waals surface area contributed by atoms with Gasteiger partial charge in [0.2, 0.25) is 18.1 Å². The van der Waals surface area contributed by atoms with Crippen molar-refractivity contribution in [3.63, 3.8) is 0 Å². The molecule has 7 aliphatic carbocycles. The van der Waals surface area contributed by atoms with Gasteiger partial charge in [-0.25, -0.2) is 9.59 Å². The Morgan fingerprint density at radius 3 is 2.38 bits per heavy atom. The molecular formula is C52H60BrN3O18. The lowest BCUT2D eigenvalue weighted by Crippen LogP contribution is -2.80. The summed E-state index contributed by atoms with van der Waals surface area (Å²) in [7, 11) is 0. The molecule has 74 heavy (non-hydrogen) atoms. The number of allylic oxidation sites excluding steroid dienone is 4. The number of hydrogen-bond donors (Lipinski definition) is 9. The number of carbonyl (C=O) groups is 6. The van der Waals surface area contributed by atoms with Gasteiger partial charge < -0.3 is 75.0 Å². The maximum atomic E-state index is 14.0. The number of carboxylic acids is 1. The first-order valence-corrected chi connectivity index (χ1v) is 26.0. The highest BCUT2D eigenvalue weighted by molar-refractivity contribution is 9.09. The van der Waals surface area contributed by atoms with Crippen LogP contribution in [-0.4, -0.2) is 144 Å². The molecule has 21 nitrogen and oxygen atoms in total. The van der Waals surface area contributed by atoms with E-state index in [1.165, 1.54) is 18.2 Å². The van der Waals surface area contributed by atoms with Crippen molar-refractivity contribution in [2.45, 2.75) is 138 Å². The van der Waals surface area contributed by atoms with Gasteiger partial charge >= 0.3 is 12.1 Å². The summed E-state index contributed by atoms with van der Waals surface area (Å²) in [6, 6.07) is 11.5. The minimum absolute atomic E-state index is 0.000518. The number of amides is 3. The van der Waals surface area contributed by atoms with Crippen LogP contribution in [0, 0.1) is 28.6 Å². The first-order chi connectivity index (χ1) is 35.2. The van der Waals surface area contributed by atoms with Crippen molar-refractivity contribution in [3.8, 4) is 11.5 Å². The minimum atomic E-state index is -1.96. The van der Waals surface area contributed by atoms with Gasteiger partial charge in [0, 0.05) is 54.5 Å². The quantitative estimate of drug-likeness (QED) is 0.109. The van der Waals surface area contributed by atoms with Gasteiger partial charge in [0.25, 0.3) is 0 Å². The molecule has 2 aromatic carbocycles. The van der Waals surface area contributed by atoms with Crippen LogP contribution in [0.2, 0.25) is 0 Å². The van der Waals surface area contributed by atoms with Gasteiger partial charge in [0.1, 0.15) is 48.6 Å². The SMILES string of the molecule is C[C@]12C=CC(=O)C=C1CC[C@@H]1[C@@H]2[C@@H](O)C[C@@]2(C)[C@H]1C[C@H]1O[C@H](c3ccc(OC45CC(NC(=O)OCc6ccc(O[C@@H]7O[C@H](C(=O)O)[C@@H](O)[C@H](O)[C@H]7O)c(NC(=O)CCNC(=O)CBr)c6)(C4)C5)cc3)O[C@]12C(=O)CO. The smallest absolute Gasteiger partial charge is 0.407 e. The van der Waals surface area contributed by atoms with E-state index in [0.717, 1.165) is 12.0 Å². The predicted molar refractivity (Wildman–Crippen MR) is 258 cm³/mol. The number of anilines is 1. The topological polar surface area (TPSA) is 315 Å². The van der Waals surface area contributed by atoms with Crippen LogP contribution in [0.3, 0.4) is 0 Å². The lowest BCUT2D eigenvalue weighted by atomic mass is 9.46. The zero-order chi connectivity index (χ0) is 52.7. The molecular weight excluding hydrogens is 1030 g/mol. The number of aliphatic hydroxyl groups excluding tert-OH is 5. The summed E-state index contributed by atoms with van der Waals surface area (Å²) >= 11 is 3.03. The molecule has 2 aliphatic heterocycles. The fraction of sp³-hybridized carbons (Fsp3) is 0.577. The zero-order valence-electron chi connectivity index (χ0n) is 40.6. The number of halogens is 1. The lowest BCUT2D eigenvalue weighted by Gasteiger charge is -2.68. The van der Waals surface area contributed by atoms with Crippen molar-refractivity contribution < 1.29 is 87.8 Å². The summed E-state index contributed by atoms with van der Waals surface area (Å²) in [6.45, 7) is 3.08. The molecule has 9 aliphatic rings. The highest BCUT2D eigenvalue weighted by atomic mass is 79.9. The van der Waals surface area contributed by atoms with Gasteiger partial charge in [-0.3, -0.25) is 19.2 Å². The second-order valence-electron chi connectivity index (χ2n) is 21.7. The Hall–Kier alpha value is -5.30. The van der Waals surface area contributed by atoms with Gasteiger partial charge in [0.05, 0.1) is 28.8 Å². The number of carbonyl (C=O) groups excluding carboxylic acids is 5. The summed E-state index contributed by atoms with van der Waals surface area (Å²) < 4.78 is 36.3. The number of rotatable bonds is 16. The first-order valence-electron chi connectivity index (χ1n) is 24.8. The molecule has 398 valence electrons. The van der Waals surface area contributed by atoms with Gasteiger partial charge in [-0.15, -0.1) is 0 Å². The third kappa shape index (κ3) is 8.82. The van der Waals surface area contributed by atoms with Gasteiger partial charge in [0.15, 0.2) is 29.6 Å². The van der Waals surface area contributed by atoms with Crippen LogP contribution in [0.1, 0.15) is 82.6 Å². The van der Waals surface area contributed by atoms with E-state index >= 15 is 0 Å². The van der Waals surface area contributed by atoms with Crippen LogP contribution >= 0.6 is 15.9 Å². The number of ketones is 2. The van der Waals surface area contributed by atoms with E-state index in [0.29, 0.717) is 49.0 Å². The van der Waals surface area contributed by atoms with E-state index in [-0.39, 0.29) is 72.2 Å². The molecule has 0 radical (unpaired) electrons. The molecule has 2 aromatic rings. The predicted octanol–water partition coefficient (Wildman–Crippen LogP) is 2.38. The Kier molecular flexibility index (Phi) is 13.7. The summed E-state index contributed by atoms with van der Waals surface area (Å²) in [6.07, 6.45) is -3.70. The summed E-state index contributed by atoms with van der Waals surface area (Å²) in [4.78, 5) is 75.6. The molecule has 2 heterocycles. The van der Waals surface area contributed by atoms with E-state index in [9.17, 15) is 59.4 Å². The van der Waals surface area contributed by atoms with Crippen LogP contribution in [0.15, 0.2) is 66.3 Å². The van der Waals surface area contributed by atoms with Crippen LogP contribution in [0.4, 0.5) is 10.5 Å². The molecule has 9 N–H and O–H groups in total. The highest BCUT2D eigenvalue weighted by Gasteiger charge is 2.76. The van der Waals surface area contributed by atoms with Gasteiger partial charge in [-0.05, 0) is 79.5 Å². The fourth-order valence-corrected chi connectivity index (χ4v) is 14.0. The van der Waals surface area contributed by atoms with Crippen LogP contribution in [-0.2, 0) is 49.5 Å². The first kappa shape index (κ1) is 52.2. The molecule has 0 unspecified atom stereocenters. The number of Topliss-reactive ketones (excluding diaryl/α,β-unsaturated/α-hetero) is 1. The molecule has 2 saturated heterocycles. The standard InChI is InChI=1S/C52H60BrN3O18/c1-48-13-11-28(58)16-27(48)6-9-30-31-17-36-52(35(60)20-57,49(31,2)18-33(59)39(30)48)74-45(71-36)26-4-7-29(8-5-26)73-51-22-50(23-51,24-51)56-47(68)69-21-25-3-10-34(32(15-25)55-37(61)12-14-54-38(62)19-53)70-46-42(65)40(63)41(64)43(72-46)44(66)67/h3-5,7-8,10-11,13,15-16,30-31,33,36,39-43,45-46,57,59,63-65H,6,9,12,14,17-24H2,1-2H3,(H,54,62)(H,55,61)(H,56,68)(H,66,67)/t30-,31-,33-,36+,39+,40-,41-,42+,43-,45-,46+,48-,49-,50?,51?,52+/m0/s1. The Morgan fingerprint density at radius 2 is 1.68 bits per heavy atom. The Bertz CT molecular complexity index is 2660. The number of fused-ring (bicyclic) bond motifs is 7. The number of benzene rings is 2. The van der Waals surface area contributed by atoms with Crippen molar-refractivity contribution in [2.24, 2.45) is 28.6 Å². The van der Waals surface area contributed by atoms with Crippen LogP contribution < -0.4 is 25.4 Å². The number of alkyl halides is 1. The molecule has 2 bridgehead atoms. The van der Waals surface area contributed by atoms with Crippen molar-refractivity contribution in [2.75, 3.05) is 23.8 Å². The van der Waals surface area contributed by atoms with Gasteiger partial charge in [-0.1, -0.05) is 59.6 Å². The number of aliphatic hydroxyl groups is 5.